The Labute approximate surface area is 216 Å². The van der Waals surface area contributed by atoms with Crippen molar-refractivity contribution in [1.82, 2.24) is 10.2 Å². The summed E-state index contributed by atoms with van der Waals surface area (Å²) in [4.78, 5) is 28.0. The Kier molecular flexibility index (Phi) is 10.9. The first-order chi connectivity index (χ1) is 16.5. The lowest BCUT2D eigenvalue weighted by atomic mass is 9.94. The molecule has 0 spiro atoms. The number of thioether (sulfide) groups is 1. The van der Waals surface area contributed by atoms with Gasteiger partial charge in [-0.1, -0.05) is 55.1 Å². The maximum Gasteiger partial charge on any atom is 0.247 e. The lowest BCUT2D eigenvalue weighted by Crippen LogP contribution is -2.48. The molecule has 8 heteroatoms. The molecule has 1 aliphatic rings. The summed E-state index contributed by atoms with van der Waals surface area (Å²) >= 11 is 13.8. The number of carbonyl (C=O) groups excluding carboxylic acids is 2. The summed E-state index contributed by atoms with van der Waals surface area (Å²) in [5, 5.41) is 3.77. The Hall–Kier alpha value is -1.89. The van der Waals surface area contributed by atoms with Gasteiger partial charge >= 0.3 is 0 Å². The predicted octanol–water partition coefficient (Wildman–Crippen LogP) is 5.84. The molecule has 184 valence electrons. The third-order valence-electron chi connectivity index (χ3n) is 6.01. The van der Waals surface area contributed by atoms with Crippen LogP contribution in [0.1, 0.15) is 49.3 Å². The first kappa shape index (κ1) is 26.7. The number of ether oxygens (including phenoxy) is 1. The van der Waals surface area contributed by atoms with E-state index in [0.29, 0.717) is 17.3 Å². The number of hydrogen-bond donors (Lipinski definition) is 1. The van der Waals surface area contributed by atoms with Gasteiger partial charge in [0.05, 0.1) is 7.11 Å². The summed E-state index contributed by atoms with van der Waals surface area (Å²) in [6, 6.07) is 14.4. The van der Waals surface area contributed by atoms with Gasteiger partial charge in [-0.25, -0.2) is 0 Å². The second kappa shape index (κ2) is 13.9. The van der Waals surface area contributed by atoms with Crippen LogP contribution in [0.2, 0.25) is 5.02 Å². The number of nitrogens with one attached hydrogen (secondary N) is 1. The third kappa shape index (κ3) is 7.82. The number of nitrogens with zero attached hydrogens (tertiary/aromatic N) is 1. The summed E-state index contributed by atoms with van der Waals surface area (Å²) in [6.07, 6.45) is 5.37. The fourth-order valence-electron chi connectivity index (χ4n) is 4.23. The van der Waals surface area contributed by atoms with E-state index < -0.39 is 6.04 Å². The van der Waals surface area contributed by atoms with Crippen LogP contribution in [0, 0.1) is 0 Å². The lowest BCUT2D eigenvalue weighted by molar-refractivity contribution is -0.139. The van der Waals surface area contributed by atoms with Gasteiger partial charge in [0.25, 0.3) is 0 Å². The normalized spacial score (nSPS) is 14.9. The maximum absolute atomic E-state index is 13.5. The van der Waals surface area contributed by atoms with E-state index >= 15 is 0 Å². The molecule has 2 aromatic rings. The van der Waals surface area contributed by atoms with Crippen molar-refractivity contribution in [2.24, 2.45) is 0 Å². The first-order valence-corrected chi connectivity index (χ1v) is 13.7. The van der Waals surface area contributed by atoms with E-state index in [1.165, 1.54) is 6.42 Å². The standard InChI is InChI=1S/C26H32Cl2N2O3S/c1-33-23-9-5-6-19(16-23)18-34-15-14-30(24(31)17-27)25(20-10-12-21(28)13-11-20)26(32)29-22-7-3-2-4-8-22/h5-6,9-13,16,22,25H,2-4,7-8,14-15,17-18H2,1H3,(H,29,32). The molecule has 1 saturated carbocycles. The molecule has 3 rings (SSSR count). The average molecular weight is 524 g/mol. The van der Waals surface area contributed by atoms with Gasteiger partial charge in [0.1, 0.15) is 17.7 Å². The van der Waals surface area contributed by atoms with Gasteiger partial charge in [0.2, 0.25) is 11.8 Å². The monoisotopic (exact) mass is 522 g/mol. The fourth-order valence-corrected chi connectivity index (χ4v) is 5.40. The summed E-state index contributed by atoms with van der Waals surface area (Å²) in [5.74, 6) is 1.66. The molecule has 0 aromatic heterocycles. The summed E-state index contributed by atoms with van der Waals surface area (Å²) in [6.45, 7) is 0.408. The number of methoxy groups -OCH3 is 1. The number of rotatable bonds is 11. The maximum atomic E-state index is 13.5. The summed E-state index contributed by atoms with van der Waals surface area (Å²) in [7, 11) is 1.65. The number of benzene rings is 2. The van der Waals surface area contributed by atoms with Crippen LogP contribution in [-0.4, -0.2) is 48.0 Å². The van der Waals surface area contributed by atoms with Crippen LogP contribution in [0.25, 0.3) is 0 Å². The molecule has 0 heterocycles. The van der Waals surface area contributed by atoms with E-state index in [-0.39, 0.29) is 23.7 Å². The summed E-state index contributed by atoms with van der Waals surface area (Å²) in [5.41, 5.74) is 1.87. The Bertz CT molecular complexity index is 936. The lowest BCUT2D eigenvalue weighted by Gasteiger charge is -2.33. The highest BCUT2D eigenvalue weighted by atomic mass is 35.5. The van der Waals surface area contributed by atoms with Crippen LogP contribution in [0.5, 0.6) is 5.75 Å². The van der Waals surface area contributed by atoms with Crippen LogP contribution in [0.3, 0.4) is 0 Å². The molecule has 2 amide bonds. The van der Waals surface area contributed by atoms with E-state index in [2.05, 4.69) is 5.32 Å². The zero-order valence-corrected chi connectivity index (χ0v) is 21.8. The number of alkyl halides is 1. The van der Waals surface area contributed by atoms with E-state index in [9.17, 15) is 9.59 Å². The molecule has 2 aromatic carbocycles. The number of amides is 2. The van der Waals surface area contributed by atoms with Gasteiger partial charge in [-0.05, 0) is 48.2 Å². The largest absolute Gasteiger partial charge is 0.497 e. The van der Waals surface area contributed by atoms with Crippen LogP contribution >= 0.6 is 35.0 Å². The Morgan fingerprint density at radius 2 is 1.88 bits per heavy atom. The molecule has 0 radical (unpaired) electrons. The van der Waals surface area contributed by atoms with Crippen LogP contribution in [0.15, 0.2) is 48.5 Å². The molecular formula is C26H32Cl2N2O3S. The van der Waals surface area contributed by atoms with Gasteiger partial charge < -0.3 is 15.0 Å². The molecule has 1 N–H and O–H groups in total. The molecule has 0 saturated heterocycles. The molecule has 0 bridgehead atoms. The molecule has 1 aliphatic carbocycles. The van der Waals surface area contributed by atoms with Crippen molar-refractivity contribution in [3.05, 3.63) is 64.7 Å². The minimum Gasteiger partial charge on any atom is -0.497 e. The fraction of sp³-hybridized carbons (Fsp3) is 0.462. The Morgan fingerprint density at radius 1 is 1.15 bits per heavy atom. The van der Waals surface area contributed by atoms with Crippen molar-refractivity contribution in [2.75, 3.05) is 25.3 Å². The van der Waals surface area contributed by atoms with Crippen LogP contribution in [0.4, 0.5) is 0 Å². The highest BCUT2D eigenvalue weighted by Gasteiger charge is 2.32. The second-order valence-electron chi connectivity index (χ2n) is 8.42. The average Bonchev–Trinajstić information content (AvgIpc) is 2.87. The quantitative estimate of drug-likeness (QED) is 0.297. The zero-order valence-electron chi connectivity index (χ0n) is 19.5. The molecule has 1 unspecified atom stereocenters. The Balaban J connectivity index is 1.73. The van der Waals surface area contributed by atoms with Gasteiger partial charge in [-0.3, -0.25) is 9.59 Å². The van der Waals surface area contributed by atoms with Gasteiger partial charge in [0, 0.05) is 29.1 Å². The SMILES string of the molecule is COc1cccc(CSCCN(C(=O)CCl)C(C(=O)NC2CCCCC2)c2ccc(Cl)cc2)c1. The molecule has 5 nitrogen and oxygen atoms in total. The van der Waals surface area contributed by atoms with Crippen molar-refractivity contribution >= 4 is 46.8 Å². The molecule has 0 aliphatic heterocycles. The van der Waals surface area contributed by atoms with Crippen LogP contribution < -0.4 is 10.1 Å². The zero-order chi connectivity index (χ0) is 24.3. The summed E-state index contributed by atoms with van der Waals surface area (Å²) < 4.78 is 5.29. The second-order valence-corrected chi connectivity index (χ2v) is 10.2. The third-order valence-corrected chi connectivity index (χ3v) is 7.50. The number of carbonyl (C=O) groups is 2. The minimum atomic E-state index is -0.747. The van der Waals surface area contributed by atoms with Crippen molar-refractivity contribution in [3.8, 4) is 5.75 Å². The predicted molar refractivity (Wildman–Crippen MR) is 141 cm³/mol. The van der Waals surface area contributed by atoms with Crippen LogP contribution in [-0.2, 0) is 15.3 Å². The van der Waals surface area contributed by atoms with E-state index in [1.54, 1.807) is 35.9 Å². The number of halogens is 2. The molecular weight excluding hydrogens is 491 g/mol. The van der Waals surface area contributed by atoms with Gasteiger partial charge in [-0.15, -0.1) is 11.6 Å². The van der Waals surface area contributed by atoms with E-state index in [4.69, 9.17) is 27.9 Å². The first-order valence-electron chi connectivity index (χ1n) is 11.6. The smallest absolute Gasteiger partial charge is 0.247 e. The highest BCUT2D eigenvalue weighted by Crippen LogP contribution is 2.26. The van der Waals surface area contributed by atoms with Gasteiger partial charge in [-0.2, -0.15) is 11.8 Å². The molecule has 1 atom stereocenters. The van der Waals surface area contributed by atoms with Crippen molar-refractivity contribution < 1.29 is 14.3 Å². The van der Waals surface area contributed by atoms with Gasteiger partial charge in [0.15, 0.2) is 0 Å². The Morgan fingerprint density at radius 3 is 2.56 bits per heavy atom. The van der Waals surface area contributed by atoms with Crippen molar-refractivity contribution in [2.45, 2.75) is 49.9 Å². The van der Waals surface area contributed by atoms with Crippen molar-refractivity contribution in [1.29, 1.82) is 0 Å². The van der Waals surface area contributed by atoms with E-state index in [0.717, 1.165) is 48.3 Å². The minimum absolute atomic E-state index is 0.145. The topological polar surface area (TPSA) is 58.6 Å². The van der Waals surface area contributed by atoms with Crippen molar-refractivity contribution in [3.63, 3.8) is 0 Å². The highest BCUT2D eigenvalue weighted by molar-refractivity contribution is 7.98. The van der Waals surface area contributed by atoms with E-state index in [1.807, 2.05) is 36.4 Å². The molecule has 34 heavy (non-hydrogen) atoms. The molecule has 1 fully saturated rings. The number of hydrogen-bond acceptors (Lipinski definition) is 4.